The van der Waals surface area contributed by atoms with Crippen molar-refractivity contribution in [3.05, 3.63) is 41.9 Å². The Bertz CT molecular complexity index is 669. The lowest BCUT2D eigenvalue weighted by Crippen LogP contribution is -2.31. The number of sulfonamides is 1. The second kappa shape index (κ2) is 6.79. The molecule has 8 heteroatoms. The molecule has 0 amide bonds. The van der Waals surface area contributed by atoms with Crippen LogP contribution in [0, 0.1) is 0 Å². The van der Waals surface area contributed by atoms with Crippen LogP contribution in [0.3, 0.4) is 0 Å². The third-order valence-electron chi connectivity index (χ3n) is 3.10. The summed E-state index contributed by atoms with van der Waals surface area (Å²) in [6, 6.07) is 3.61. The highest BCUT2D eigenvalue weighted by Crippen LogP contribution is 2.19. The first-order valence-corrected chi connectivity index (χ1v) is 8.09. The normalized spacial score (nSPS) is 12.0. The quantitative estimate of drug-likeness (QED) is 0.787. The standard InChI is InChI=1S/C13H19N5O2S/c1-3-18(10-11-4-6-15-7-5-11)21(19,20)13-12(8-14-2)9-16-17-13/h4-7,9,14H,3,8,10H2,1-2H3,(H,16,17). The molecule has 2 rings (SSSR count). The average Bonchev–Trinajstić information content (AvgIpc) is 2.95. The molecule has 0 saturated heterocycles. The van der Waals surface area contributed by atoms with Crippen LogP contribution < -0.4 is 5.32 Å². The molecule has 0 spiro atoms. The molecule has 0 unspecified atom stereocenters. The van der Waals surface area contributed by atoms with E-state index in [9.17, 15) is 8.42 Å². The van der Waals surface area contributed by atoms with Crippen molar-refractivity contribution in [2.45, 2.75) is 25.0 Å². The van der Waals surface area contributed by atoms with Gasteiger partial charge in [0, 0.05) is 37.6 Å². The number of aromatic amines is 1. The molecule has 0 saturated carbocycles. The largest absolute Gasteiger partial charge is 0.316 e. The van der Waals surface area contributed by atoms with E-state index in [0.29, 0.717) is 25.2 Å². The average molecular weight is 309 g/mol. The zero-order valence-electron chi connectivity index (χ0n) is 12.1. The second-order valence-corrected chi connectivity index (χ2v) is 6.42. The van der Waals surface area contributed by atoms with Crippen LogP contribution >= 0.6 is 0 Å². The summed E-state index contributed by atoms with van der Waals surface area (Å²) in [7, 11) is -1.84. The summed E-state index contributed by atoms with van der Waals surface area (Å²) < 4.78 is 26.9. The van der Waals surface area contributed by atoms with E-state index < -0.39 is 10.0 Å². The van der Waals surface area contributed by atoms with Gasteiger partial charge < -0.3 is 5.32 Å². The molecule has 0 bridgehead atoms. The van der Waals surface area contributed by atoms with Crippen molar-refractivity contribution in [1.82, 2.24) is 24.8 Å². The third kappa shape index (κ3) is 3.46. The number of hydrogen-bond donors (Lipinski definition) is 2. The molecule has 0 radical (unpaired) electrons. The van der Waals surface area contributed by atoms with E-state index in [4.69, 9.17) is 0 Å². The van der Waals surface area contributed by atoms with Crippen molar-refractivity contribution in [2.75, 3.05) is 13.6 Å². The number of rotatable bonds is 7. The van der Waals surface area contributed by atoms with Crippen LogP contribution in [0.1, 0.15) is 18.1 Å². The molecule has 0 aliphatic carbocycles. The van der Waals surface area contributed by atoms with E-state index in [1.54, 1.807) is 31.6 Å². The highest BCUT2D eigenvalue weighted by molar-refractivity contribution is 7.89. The first-order valence-electron chi connectivity index (χ1n) is 6.65. The Hall–Kier alpha value is -1.77. The summed E-state index contributed by atoms with van der Waals surface area (Å²) in [6.07, 6.45) is 4.83. The molecule has 0 aromatic carbocycles. The van der Waals surface area contributed by atoms with Crippen molar-refractivity contribution in [2.24, 2.45) is 0 Å². The highest BCUT2D eigenvalue weighted by Gasteiger charge is 2.27. The van der Waals surface area contributed by atoms with Gasteiger partial charge in [-0.25, -0.2) is 8.42 Å². The van der Waals surface area contributed by atoms with Gasteiger partial charge in [0.2, 0.25) is 0 Å². The Balaban J connectivity index is 2.29. The topological polar surface area (TPSA) is 91.0 Å². The van der Waals surface area contributed by atoms with Crippen LogP contribution in [-0.2, 0) is 23.1 Å². The zero-order valence-corrected chi connectivity index (χ0v) is 12.9. The molecule has 21 heavy (non-hydrogen) atoms. The first kappa shape index (κ1) is 15.6. The Morgan fingerprint density at radius 3 is 2.67 bits per heavy atom. The molecule has 2 heterocycles. The Morgan fingerprint density at radius 2 is 2.05 bits per heavy atom. The van der Waals surface area contributed by atoms with E-state index >= 15 is 0 Å². The minimum Gasteiger partial charge on any atom is -0.316 e. The molecular formula is C13H19N5O2S. The number of nitrogens with one attached hydrogen (secondary N) is 2. The lowest BCUT2D eigenvalue weighted by Gasteiger charge is -2.20. The van der Waals surface area contributed by atoms with Gasteiger partial charge in [0.25, 0.3) is 10.0 Å². The Labute approximate surface area is 124 Å². The minimum absolute atomic E-state index is 0.146. The summed E-state index contributed by atoms with van der Waals surface area (Å²) in [5.41, 5.74) is 1.52. The van der Waals surface area contributed by atoms with E-state index in [-0.39, 0.29) is 5.03 Å². The molecule has 2 N–H and O–H groups in total. The highest BCUT2D eigenvalue weighted by atomic mass is 32.2. The number of pyridine rings is 1. The van der Waals surface area contributed by atoms with Crippen LogP contribution in [0.2, 0.25) is 0 Å². The van der Waals surface area contributed by atoms with Gasteiger partial charge in [0.05, 0.1) is 6.20 Å². The summed E-state index contributed by atoms with van der Waals surface area (Å²) >= 11 is 0. The smallest absolute Gasteiger partial charge is 0.260 e. The lowest BCUT2D eigenvalue weighted by molar-refractivity contribution is 0.420. The van der Waals surface area contributed by atoms with E-state index in [1.165, 1.54) is 10.5 Å². The van der Waals surface area contributed by atoms with Gasteiger partial charge in [-0.05, 0) is 24.7 Å². The zero-order chi connectivity index (χ0) is 15.3. The van der Waals surface area contributed by atoms with Gasteiger partial charge in [-0.15, -0.1) is 0 Å². The fourth-order valence-corrected chi connectivity index (χ4v) is 3.57. The molecule has 2 aromatic heterocycles. The molecular weight excluding hydrogens is 290 g/mol. The third-order valence-corrected chi connectivity index (χ3v) is 5.04. The monoisotopic (exact) mass is 309 g/mol. The van der Waals surface area contributed by atoms with E-state index in [1.807, 2.05) is 6.92 Å². The predicted octanol–water partition coefficient (Wildman–Crippen LogP) is 0.735. The number of H-pyrrole nitrogens is 1. The summed E-state index contributed by atoms with van der Waals surface area (Å²) in [4.78, 5) is 3.94. The Kier molecular flexibility index (Phi) is 5.05. The van der Waals surface area contributed by atoms with E-state index in [2.05, 4.69) is 20.5 Å². The van der Waals surface area contributed by atoms with Crippen molar-refractivity contribution in [3.63, 3.8) is 0 Å². The molecule has 7 nitrogen and oxygen atoms in total. The number of aromatic nitrogens is 3. The maximum absolute atomic E-state index is 12.7. The van der Waals surface area contributed by atoms with Crippen LogP contribution in [0.4, 0.5) is 0 Å². The van der Waals surface area contributed by atoms with Gasteiger partial charge in [0.1, 0.15) is 0 Å². The predicted molar refractivity (Wildman–Crippen MR) is 78.9 cm³/mol. The summed E-state index contributed by atoms with van der Waals surface area (Å²) in [5, 5.41) is 9.53. The second-order valence-electron chi connectivity index (χ2n) is 4.54. The first-order chi connectivity index (χ1) is 10.1. The van der Waals surface area contributed by atoms with Gasteiger partial charge >= 0.3 is 0 Å². The molecule has 0 aliphatic rings. The van der Waals surface area contributed by atoms with Crippen molar-refractivity contribution < 1.29 is 8.42 Å². The van der Waals surface area contributed by atoms with Crippen LogP contribution in [0.25, 0.3) is 0 Å². The van der Waals surface area contributed by atoms with Gasteiger partial charge in [-0.3, -0.25) is 10.1 Å². The summed E-state index contributed by atoms with van der Waals surface area (Å²) in [5.74, 6) is 0. The Morgan fingerprint density at radius 1 is 1.33 bits per heavy atom. The van der Waals surface area contributed by atoms with Gasteiger partial charge in [0.15, 0.2) is 5.03 Å². The number of nitrogens with zero attached hydrogens (tertiary/aromatic N) is 3. The lowest BCUT2D eigenvalue weighted by atomic mass is 10.3. The fourth-order valence-electron chi connectivity index (χ4n) is 2.03. The van der Waals surface area contributed by atoms with Gasteiger partial charge in [-0.2, -0.15) is 9.40 Å². The van der Waals surface area contributed by atoms with Gasteiger partial charge in [-0.1, -0.05) is 6.92 Å². The molecule has 114 valence electrons. The maximum atomic E-state index is 12.7. The molecule has 0 atom stereocenters. The number of hydrogen-bond acceptors (Lipinski definition) is 5. The summed E-state index contributed by atoms with van der Waals surface area (Å²) in [6.45, 7) is 2.94. The molecule has 2 aromatic rings. The molecule has 0 fully saturated rings. The van der Waals surface area contributed by atoms with Crippen molar-refractivity contribution in [3.8, 4) is 0 Å². The maximum Gasteiger partial charge on any atom is 0.260 e. The van der Waals surface area contributed by atoms with Crippen LogP contribution in [0.5, 0.6) is 0 Å². The van der Waals surface area contributed by atoms with Crippen LogP contribution in [0.15, 0.2) is 35.7 Å². The molecule has 0 aliphatic heterocycles. The van der Waals surface area contributed by atoms with E-state index in [0.717, 1.165) is 5.56 Å². The minimum atomic E-state index is -3.60. The fraction of sp³-hybridized carbons (Fsp3) is 0.385. The van der Waals surface area contributed by atoms with Crippen molar-refractivity contribution >= 4 is 10.0 Å². The SMILES string of the molecule is CCN(Cc1ccncc1)S(=O)(=O)c1[nH]ncc1CNC. The van der Waals surface area contributed by atoms with Crippen LogP contribution in [-0.4, -0.2) is 41.5 Å². The van der Waals surface area contributed by atoms with Crippen molar-refractivity contribution in [1.29, 1.82) is 0 Å².